The van der Waals surface area contributed by atoms with Crippen LogP contribution in [0.1, 0.15) is 24.8 Å². The Bertz CT molecular complexity index is 251. The van der Waals surface area contributed by atoms with Crippen molar-refractivity contribution < 1.29 is 0 Å². The molecule has 0 spiro atoms. The number of hydrogen-bond donors (Lipinski definition) is 1. The van der Waals surface area contributed by atoms with Crippen molar-refractivity contribution in [3.05, 3.63) is 35.9 Å². The highest BCUT2D eigenvalue weighted by molar-refractivity contribution is 5.14. The summed E-state index contributed by atoms with van der Waals surface area (Å²) >= 11 is 0. The van der Waals surface area contributed by atoms with E-state index in [0.717, 1.165) is 18.9 Å². The van der Waals surface area contributed by atoms with E-state index in [9.17, 15) is 0 Å². The largest absolute Gasteiger partial charge is 0.316 e. The predicted molar refractivity (Wildman–Crippen MR) is 60.4 cm³/mol. The van der Waals surface area contributed by atoms with E-state index >= 15 is 0 Å². The van der Waals surface area contributed by atoms with Gasteiger partial charge in [-0.2, -0.15) is 0 Å². The van der Waals surface area contributed by atoms with E-state index in [0.29, 0.717) is 0 Å². The summed E-state index contributed by atoms with van der Waals surface area (Å²) in [6.07, 6.45) is 5.50. The lowest BCUT2D eigenvalue weighted by atomic mass is 9.85. The van der Waals surface area contributed by atoms with Gasteiger partial charge in [0.2, 0.25) is 0 Å². The minimum Gasteiger partial charge on any atom is -0.316 e. The molecule has 1 aromatic rings. The minimum atomic E-state index is 0.978. The van der Waals surface area contributed by atoms with E-state index in [2.05, 4.69) is 35.6 Å². The van der Waals surface area contributed by atoms with E-state index in [4.69, 9.17) is 0 Å². The molecule has 2 rings (SSSR count). The van der Waals surface area contributed by atoms with Crippen molar-refractivity contribution in [2.24, 2.45) is 5.92 Å². The quantitative estimate of drug-likeness (QED) is 0.702. The molecule has 0 amide bonds. The molecule has 0 heterocycles. The molecule has 1 nitrogen and oxygen atoms in total. The van der Waals surface area contributed by atoms with Crippen molar-refractivity contribution in [1.29, 1.82) is 0 Å². The Labute approximate surface area is 86.5 Å². The van der Waals surface area contributed by atoms with Gasteiger partial charge in [-0.15, -0.1) is 0 Å². The molecule has 1 fully saturated rings. The Morgan fingerprint density at radius 2 is 1.93 bits per heavy atom. The molecule has 1 aliphatic carbocycles. The summed E-state index contributed by atoms with van der Waals surface area (Å²) in [4.78, 5) is 0. The number of nitrogens with one attached hydrogen (secondary N) is 1. The lowest BCUT2D eigenvalue weighted by molar-refractivity contribution is 0.303. The summed E-state index contributed by atoms with van der Waals surface area (Å²) < 4.78 is 0. The van der Waals surface area contributed by atoms with Crippen LogP contribution in [0.15, 0.2) is 30.3 Å². The third-order valence-electron chi connectivity index (χ3n) is 3.09. The molecule has 0 radical (unpaired) electrons. The predicted octanol–water partition coefficient (Wildman–Crippen LogP) is 2.62. The molecule has 0 saturated heterocycles. The molecule has 0 bridgehead atoms. The Kier molecular flexibility index (Phi) is 3.58. The first kappa shape index (κ1) is 9.72. The molecule has 0 unspecified atom stereocenters. The van der Waals surface area contributed by atoms with Crippen molar-refractivity contribution in [3.8, 4) is 0 Å². The van der Waals surface area contributed by atoms with Gasteiger partial charge < -0.3 is 5.32 Å². The van der Waals surface area contributed by atoms with E-state index in [1.54, 1.807) is 0 Å². The van der Waals surface area contributed by atoms with E-state index < -0.39 is 0 Å². The minimum absolute atomic E-state index is 0.978. The summed E-state index contributed by atoms with van der Waals surface area (Å²) in [5.74, 6) is 0.978. The van der Waals surface area contributed by atoms with Gasteiger partial charge in [0, 0.05) is 0 Å². The summed E-state index contributed by atoms with van der Waals surface area (Å²) in [5, 5.41) is 3.54. The SMILES string of the molecule is c1ccc(CCNCC2CCC2)cc1. The zero-order valence-electron chi connectivity index (χ0n) is 8.71. The van der Waals surface area contributed by atoms with Crippen molar-refractivity contribution in [2.45, 2.75) is 25.7 Å². The molecular weight excluding hydrogens is 170 g/mol. The van der Waals surface area contributed by atoms with Gasteiger partial charge >= 0.3 is 0 Å². The lowest BCUT2D eigenvalue weighted by Crippen LogP contribution is -2.28. The summed E-state index contributed by atoms with van der Waals surface area (Å²) in [5.41, 5.74) is 1.44. The highest BCUT2D eigenvalue weighted by Gasteiger charge is 2.15. The first-order valence-corrected chi connectivity index (χ1v) is 5.70. The maximum atomic E-state index is 3.54. The van der Waals surface area contributed by atoms with E-state index in [1.807, 2.05) is 0 Å². The normalized spacial score (nSPS) is 16.6. The molecule has 0 aromatic heterocycles. The average Bonchev–Trinajstić information content (AvgIpc) is 2.16. The average molecular weight is 189 g/mol. The highest BCUT2D eigenvalue weighted by Crippen LogP contribution is 2.24. The van der Waals surface area contributed by atoms with Crippen molar-refractivity contribution in [1.82, 2.24) is 5.32 Å². The van der Waals surface area contributed by atoms with Crippen LogP contribution in [0.5, 0.6) is 0 Å². The number of hydrogen-bond acceptors (Lipinski definition) is 1. The Morgan fingerprint density at radius 1 is 1.14 bits per heavy atom. The van der Waals surface area contributed by atoms with Crippen LogP contribution in [0.4, 0.5) is 0 Å². The standard InChI is InChI=1S/C13H19N/c1-2-5-12(6-3-1)9-10-14-11-13-7-4-8-13/h1-3,5-6,13-14H,4,7-11H2. The summed E-state index contributed by atoms with van der Waals surface area (Å²) in [6.45, 7) is 2.35. The van der Waals surface area contributed by atoms with Crippen LogP contribution in [0.2, 0.25) is 0 Å². The second-order valence-corrected chi connectivity index (χ2v) is 4.24. The maximum Gasteiger partial charge on any atom is -0.000824 e. The van der Waals surface area contributed by atoms with Crippen LogP contribution in [0, 0.1) is 5.92 Å². The van der Waals surface area contributed by atoms with Gasteiger partial charge in [0.05, 0.1) is 0 Å². The second-order valence-electron chi connectivity index (χ2n) is 4.24. The van der Waals surface area contributed by atoms with Crippen LogP contribution >= 0.6 is 0 Å². The third kappa shape index (κ3) is 2.85. The van der Waals surface area contributed by atoms with Gasteiger partial charge in [-0.05, 0) is 43.8 Å². The van der Waals surface area contributed by atoms with Crippen LogP contribution in [-0.4, -0.2) is 13.1 Å². The summed E-state index contributed by atoms with van der Waals surface area (Å²) in [7, 11) is 0. The fourth-order valence-electron chi connectivity index (χ4n) is 1.88. The van der Waals surface area contributed by atoms with Gasteiger partial charge in [0.1, 0.15) is 0 Å². The summed E-state index contributed by atoms with van der Waals surface area (Å²) in [6, 6.07) is 10.7. The van der Waals surface area contributed by atoms with Gasteiger partial charge in [-0.1, -0.05) is 36.8 Å². The Balaban J connectivity index is 1.58. The Morgan fingerprint density at radius 3 is 2.57 bits per heavy atom. The molecule has 1 aromatic carbocycles. The first-order chi connectivity index (χ1) is 6.95. The van der Waals surface area contributed by atoms with E-state index in [-0.39, 0.29) is 0 Å². The first-order valence-electron chi connectivity index (χ1n) is 5.70. The number of rotatable bonds is 5. The Hall–Kier alpha value is -0.820. The molecule has 0 aliphatic heterocycles. The number of benzene rings is 1. The smallest absolute Gasteiger partial charge is 0.000824 e. The molecule has 1 N–H and O–H groups in total. The van der Waals surface area contributed by atoms with Crippen LogP contribution in [0.3, 0.4) is 0 Å². The molecule has 76 valence electrons. The molecule has 1 heteroatoms. The van der Waals surface area contributed by atoms with E-state index in [1.165, 1.54) is 31.4 Å². The fraction of sp³-hybridized carbons (Fsp3) is 0.538. The lowest BCUT2D eigenvalue weighted by Gasteiger charge is -2.25. The fourth-order valence-corrected chi connectivity index (χ4v) is 1.88. The monoisotopic (exact) mass is 189 g/mol. The molecule has 1 aliphatic rings. The highest BCUT2D eigenvalue weighted by atomic mass is 14.9. The zero-order valence-corrected chi connectivity index (χ0v) is 8.71. The molecular formula is C13H19N. The van der Waals surface area contributed by atoms with Gasteiger partial charge in [0.15, 0.2) is 0 Å². The topological polar surface area (TPSA) is 12.0 Å². The molecule has 1 saturated carbocycles. The van der Waals surface area contributed by atoms with Crippen molar-refractivity contribution in [2.75, 3.05) is 13.1 Å². The van der Waals surface area contributed by atoms with Gasteiger partial charge in [-0.25, -0.2) is 0 Å². The van der Waals surface area contributed by atoms with Crippen LogP contribution < -0.4 is 5.32 Å². The van der Waals surface area contributed by atoms with Gasteiger partial charge in [0.25, 0.3) is 0 Å². The molecule has 0 atom stereocenters. The zero-order chi connectivity index (χ0) is 9.64. The van der Waals surface area contributed by atoms with Crippen LogP contribution in [0.25, 0.3) is 0 Å². The second kappa shape index (κ2) is 5.16. The van der Waals surface area contributed by atoms with Crippen LogP contribution in [-0.2, 0) is 6.42 Å². The van der Waals surface area contributed by atoms with Crippen molar-refractivity contribution in [3.63, 3.8) is 0 Å². The molecule has 14 heavy (non-hydrogen) atoms. The van der Waals surface area contributed by atoms with Gasteiger partial charge in [-0.3, -0.25) is 0 Å². The van der Waals surface area contributed by atoms with Crippen molar-refractivity contribution >= 4 is 0 Å². The third-order valence-corrected chi connectivity index (χ3v) is 3.09. The maximum absolute atomic E-state index is 3.54.